The quantitative estimate of drug-likeness (QED) is 0.829. The minimum absolute atomic E-state index is 0.318. The van der Waals surface area contributed by atoms with E-state index in [1.165, 1.54) is 0 Å². The molecule has 1 rings (SSSR count). The first-order chi connectivity index (χ1) is 7.80. The molecule has 0 bridgehead atoms. The Morgan fingerprint density at radius 3 is 2.35 bits per heavy atom. The molecule has 0 aliphatic carbocycles. The predicted octanol–water partition coefficient (Wildman–Crippen LogP) is 3.04. The van der Waals surface area contributed by atoms with Crippen LogP contribution in [-0.2, 0) is 9.53 Å². The zero-order chi connectivity index (χ0) is 13.5. The number of nitrogens with zero attached hydrogens (tertiary/aromatic N) is 1. The van der Waals surface area contributed by atoms with E-state index in [1.54, 1.807) is 6.20 Å². The van der Waals surface area contributed by atoms with Gasteiger partial charge in [0.1, 0.15) is 5.60 Å². The van der Waals surface area contributed by atoms with Crippen LogP contribution in [0, 0.1) is 6.92 Å². The monoisotopic (exact) mass is 258 g/mol. The summed E-state index contributed by atoms with van der Waals surface area (Å²) >= 11 is 5.69. The summed E-state index contributed by atoms with van der Waals surface area (Å²) in [6.45, 7) is 7.85. The molecule has 1 aromatic rings. The smallest absolute Gasteiger partial charge is 0.293 e. The standard InChI is InChI=1S/C7H9ClN2.C5H10O2/c1-5-7(9-2)3-6(8)4-10-5;1-5(2,3)7-4-6/h3-4,9H,1-2H3;4H,1-3H3. The lowest BCUT2D eigenvalue weighted by atomic mass is 10.2. The van der Waals surface area contributed by atoms with Gasteiger partial charge >= 0.3 is 0 Å². The third-order valence-corrected chi connectivity index (χ3v) is 1.93. The summed E-state index contributed by atoms with van der Waals surface area (Å²) in [5, 5.41) is 3.65. The van der Waals surface area contributed by atoms with Gasteiger partial charge in [0.25, 0.3) is 6.47 Å². The molecule has 5 heteroatoms. The molecule has 0 spiro atoms. The number of pyridine rings is 1. The summed E-state index contributed by atoms with van der Waals surface area (Å²) in [5.74, 6) is 0. The number of aromatic nitrogens is 1. The van der Waals surface area contributed by atoms with Crippen molar-refractivity contribution < 1.29 is 9.53 Å². The molecular formula is C12H19ClN2O2. The zero-order valence-corrected chi connectivity index (χ0v) is 11.6. The van der Waals surface area contributed by atoms with Crippen LogP contribution in [0.5, 0.6) is 0 Å². The molecule has 0 radical (unpaired) electrons. The number of anilines is 1. The predicted molar refractivity (Wildman–Crippen MR) is 70.4 cm³/mol. The molecule has 0 fully saturated rings. The Kier molecular flexibility index (Phi) is 6.58. The van der Waals surface area contributed by atoms with Gasteiger partial charge < -0.3 is 10.1 Å². The maximum absolute atomic E-state index is 9.60. The Morgan fingerprint density at radius 2 is 2.06 bits per heavy atom. The van der Waals surface area contributed by atoms with Crippen molar-refractivity contribution in [1.82, 2.24) is 4.98 Å². The Bertz CT molecular complexity index is 362. The van der Waals surface area contributed by atoms with Gasteiger partial charge in [-0.1, -0.05) is 11.6 Å². The maximum Gasteiger partial charge on any atom is 0.293 e. The number of hydrogen-bond donors (Lipinski definition) is 1. The molecule has 96 valence electrons. The van der Waals surface area contributed by atoms with Crippen molar-refractivity contribution in [3.8, 4) is 0 Å². The first-order valence-electron chi connectivity index (χ1n) is 5.21. The highest BCUT2D eigenvalue weighted by atomic mass is 35.5. The molecule has 1 N–H and O–H groups in total. The lowest BCUT2D eigenvalue weighted by Gasteiger charge is -2.14. The highest BCUT2D eigenvalue weighted by Gasteiger charge is 2.07. The molecule has 0 aliphatic rings. The molecule has 1 heterocycles. The summed E-state index contributed by atoms with van der Waals surface area (Å²) in [6.07, 6.45) is 1.64. The van der Waals surface area contributed by atoms with Gasteiger partial charge in [-0.3, -0.25) is 9.78 Å². The Labute approximate surface area is 107 Å². The number of hydrogen-bond acceptors (Lipinski definition) is 4. The molecule has 0 saturated heterocycles. The van der Waals surface area contributed by atoms with E-state index in [0.717, 1.165) is 11.4 Å². The van der Waals surface area contributed by atoms with Gasteiger partial charge in [-0.2, -0.15) is 0 Å². The summed E-state index contributed by atoms with van der Waals surface area (Å²) in [5.41, 5.74) is 1.63. The van der Waals surface area contributed by atoms with Crippen molar-refractivity contribution in [1.29, 1.82) is 0 Å². The summed E-state index contributed by atoms with van der Waals surface area (Å²) < 4.78 is 4.55. The summed E-state index contributed by atoms with van der Waals surface area (Å²) in [4.78, 5) is 13.7. The highest BCUT2D eigenvalue weighted by molar-refractivity contribution is 6.30. The fraction of sp³-hybridized carbons (Fsp3) is 0.500. The average molecular weight is 259 g/mol. The van der Waals surface area contributed by atoms with Gasteiger partial charge in [0.05, 0.1) is 16.4 Å². The van der Waals surface area contributed by atoms with E-state index in [4.69, 9.17) is 11.6 Å². The number of nitrogens with one attached hydrogen (secondary N) is 1. The van der Waals surface area contributed by atoms with Crippen molar-refractivity contribution in [2.75, 3.05) is 12.4 Å². The number of aryl methyl sites for hydroxylation is 1. The average Bonchev–Trinajstić information content (AvgIpc) is 2.21. The minimum Gasteiger partial charge on any atom is -0.462 e. The maximum atomic E-state index is 9.60. The molecule has 0 amide bonds. The first kappa shape index (κ1) is 15.7. The number of carbonyl (C=O) groups excluding carboxylic acids is 1. The van der Waals surface area contributed by atoms with Crippen molar-refractivity contribution >= 4 is 23.8 Å². The zero-order valence-electron chi connectivity index (χ0n) is 10.9. The van der Waals surface area contributed by atoms with Gasteiger partial charge in [0, 0.05) is 13.2 Å². The minimum atomic E-state index is -0.318. The van der Waals surface area contributed by atoms with E-state index in [9.17, 15) is 4.79 Å². The van der Waals surface area contributed by atoms with Crippen LogP contribution in [0.4, 0.5) is 5.69 Å². The van der Waals surface area contributed by atoms with Crippen molar-refractivity contribution in [2.45, 2.75) is 33.3 Å². The van der Waals surface area contributed by atoms with Gasteiger partial charge in [-0.15, -0.1) is 0 Å². The SMILES string of the molecule is CC(C)(C)OC=O.CNc1cc(Cl)cnc1C. The summed E-state index contributed by atoms with van der Waals surface area (Å²) in [6, 6.07) is 1.85. The number of carbonyl (C=O) groups is 1. The third kappa shape index (κ3) is 7.58. The Hall–Kier alpha value is -1.29. The molecule has 0 aromatic carbocycles. The molecule has 17 heavy (non-hydrogen) atoms. The number of rotatable bonds is 2. The lowest BCUT2D eigenvalue weighted by molar-refractivity contribution is -0.138. The molecule has 4 nitrogen and oxygen atoms in total. The largest absolute Gasteiger partial charge is 0.462 e. The topological polar surface area (TPSA) is 51.2 Å². The number of ether oxygens (including phenoxy) is 1. The van der Waals surface area contributed by atoms with E-state index >= 15 is 0 Å². The lowest BCUT2D eigenvalue weighted by Crippen LogP contribution is -2.17. The number of halogens is 1. The highest BCUT2D eigenvalue weighted by Crippen LogP contribution is 2.16. The molecule has 1 aromatic heterocycles. The molecule has 0 saturated carbocycles. The van der Waals surface area contributed by atoms with E-state index in [-0.39, 0.29) is 5.60 Å². The van der Waals surface area contributed by atoms with Crippen LogP contribution >= 0.6 is 11.6 Å². The van der Waals surface area contributed by atoms with Crippen LogP contribution in [0.25, 0.3) is 0 Å². The molecular weight excluding hydrogens is 240 g/mol. The molecule has 0 unspecified atom stereocenters. The Balaban J connectivity index is 0.000000325. The second kappa shape index (κ2) is 7.12. The normalized spacial score (nSPS) is 10.0. The molecule has 0 atom stereocenters. The van der Waals surface area contributed by atoms with Crippen LogP contribution in [0.1, 0.15) is 26.5 Å². The van der Waals surface area contributed by atoms with Crippen LogP contribution in [0.15, 0.2) is 12.3 Å². The second-order valence-corrected chi connectivity index (χ2v) is 4.80. The van der Waals surface area contributed by atoms with Crippen LogP contribution in [0.3, 0.4) is 0 Å². The van der Waals surface area contributed by atoms with E-state index in [2.05, 4.69) is 15.0 Å². The third-order valence-electron chi connectivity index (χ3n) is 1.72. The van der Waals surface area contributed by atoms with E-state index < -0.39 is 0 Å². The Morgan fingerprint density at radius 1 is 1.47 bits per heavy atom. The fourth-order valence-corrected chi connectivity index (χ4v) is 1.06. The van der Waals surface area contributed by atoms with Crippen molar-refractivity contribution in [3.05, 3.63) is 23.0 Å². The van der Waals surface area contributed by atoms with Gasteiger partial charge in [0.2, 0.25) is 0 Å². The van der Waals surface area contributed by atoms with Gasteiger partial charge in [0.15, 0.2) is 0 Å². The van der Waals surface area contributed by atoms with E-state index in [1.807, 2.05) is 40.8 Å². The van der Waals surface area contributed by atoms with Gasteiger partial charge in [-0.05, 0) is 33.8 Å². The second-order valence-electron chi connectivity index (χ2n) is 4.36. The van der Waals surface area contributed by atoms with Crippen LogP contribution < -0.4 is 5.32 Å². The molecule has 0 aliphatic heterocycles. The summed E-state index contributed by atoms with van der Waals surface area (Å²) in [7, 11) is 1.85. The first-order valence-corrected chi connectivity index (χ1v) is 5.59. The fourth-order valence-electron chi connectivity index (χ4n) is 0.905. The van der Waals surface area contributed by atoms with E-state index in [0.29, 0.717) is 11.5 Å². The van der Waals surface area contributed by atoms with Crippen LogP contribution in [-0.4, -0.2) is 24.1 Å². The van der Waals surface area contributed by atoms with Crippen molar-refractivity contribution in [2.24, 2.45) is 0 Å². The van der Waals surface area contributed by atoms with Crippen LogP contribution in [0.2, 0.25) is 5.02 Å². The van der Waals surface area contributed by atoms with Gasteiger partial charge in [-0.25, -0.2) is 0 Å². The van der Waals surface area contributed by atoms with Crippen molar-refractivity contribution in [3.63, 3.8) is 0 Å².